The highest BCUT2D eigenvalue weighted by molar-refractivity contribution is 6.46. The van der Waals surface area contributed by atoms with Gasteiger partial charge in [-0.1, -0.05) is 12.1 Å². The third-order valence-electron chi connectivity index (χ3n) is 6.26. The van der Waals surface area contributed by atoms with Crippen LogP contribution in [0.2, 0.25) is 0 Å². The molecular formula is C27H23NO7. The van der Waals surface area contributed by atoms with E-state index in [2.05, 4.69) is 0 Å². The second-order valence-corrected chi connectivity index (χ2v) is 8.58. The zero-order chi connectivity index (χ0) is 24.7. The van der Waals surface area contributed by atoms with Crippen LogP contribution >= 0.6 is 0 Å². The number of furan rings is 1. The summed E-state index contributed by atoms with van der Waals surface area (Å²) >= 11 is 0. The molecule has 2 aromatic carbocycles. The van der Waals surface area contributed by atoms with Crippen LogP contribution in [0.15, 0.2) is 70.9 Å². The predicted molar refractivity (Wildman–Crippen MR) is 125 cm³/mol. The Bertz CT molecular complexity index is 1340. The Kier molecular flexibility index (Phi) is 5.64. The molecular weight excluding hydrogens is 450 g/mol. The Morgan fingerprint density at radius 2 is 1.86 bits per heavy atom. The molecule has 0 aliphatic carbocycles. The summed E-state index contributed by atoms with van der Waals surface area (Å²) in [6, 6.07) is 14.1. The van der Waals surface area contributed by atoms with Gasteiger partial charge in [0.05, 0.1) is 37.1 Å². The van der Waals surface area contributed by atoms with Gasteiger partial charge < -0.3 is 23.9 Å². The fourth-order valence-electron chi connectivity index (χ4n) is 4.60. The Balaban J connectivity index is 1.61. The summed E-state index contributed by atoms with van der Waals surface area (Å²) in [5, 5.41) is 11.3. The summed E-state index contributed by atoms with van der Waals surface area (Å²) in [6.07, 6.45) is 2.19. The molecule has 1 aromatic heterocycles. The summed E-state index contributed by atoms with van der Waals surface area (Å²) in [5.74, 6) is -1.08. The van der Waals surface area contributed by atoms with E-state index in [1.165, 1.54) is 18.3 Å². The number of hydrogen-bond acceptors (Lipinski definition) is 7. The fourth-order valence-corrected chi connectivity index (χ4v) is 4.60. The molecule has 1 fully saturated rings. The molecule has 2 atom stereocenters. The van der Waals surface area contributed by atoms with E-state index in [4.69, 9.17) is 13.9 Å². The lowest BCUT2D eigenvalue weighted by Gasteiger charge is -2.24. The standard InChI is InChI=1S/C27H23NO7/c1-15-12-19-13-18(9-10-21(19)35-15)24(29)22-23(16-5-7-17(8-6-16)27(32)33-2)28(26(31)25(22)30)14-20-4-3-11-34-20/h3-11,13,15,23,29H,12,14H2,1-2H3/t15-,23+/m0/s1. The van der Waals surface area contributed by atoms with Crippen LogP contribution in [0.5, 0.6) is 5.75 Å². The van der Waals surface area contributed by atoms with E-state index < -0.39 is 23.7 Å². The third kappa shape index (κ3) is 3.97. The molecule has 35 heavy (non-hydrogen) atoms. The Morgan fingerprint density at radius 1 is 1.11 bits per heavy atom. The highest BCUT2D eigenvalue weighted by Crippen LogP contribution is 2.41. The number of fused-ring (bicyclic) bond motifs is 1. The lowest BCUT2D eigenvalue weighted by atomic mass is 9.94. The fraction of sp³-hybridized carbons (Fsp3) is 0.222. The van der Waals surface area contributed by atoms with E-state index in [1.54, 1.807) is 54.6 Å². The summed E-state index contributed by atoms with van der Waals surface area (Å²) in [7, 11) is 1.29. The zero-order valence-corrected chi connectivity index (χ0v) is 19.2. The first-order valence-corrected chi connectivity index (χ1v) is 11.2. The molecule has 3 heterocycles. The van der Waals surface area contributed by atoms with Gasteiger partial charge in [-0.15, -0.1) is 0 Å². The minimum absolute atomic E-state index is 0.0228. The molecule has 2 aliphatic heterocycles. The normalized spacial score (nSPS) is 20.6. The number of esters is 1. The van der Waals surface area contributed by atoms with Crippen molar-refractivity contribution >= 4 is 23.4 Å². The molecule has 0 unspecified atom stereocenters. The van der Waals surface area contributed by atoms with Crippen LogP contribution in [0.4, 0.5) is 0 Å². The lowest BCUT2D eigenvalue weighted by Crippen LogP contribution is -2.29. The average molecular weight is 473 g/mol. The highest BCUT2D eigenvalue weighted by Gasteiger charge is 2.46. The molecule has 1 saturated heterocycles. The summed E-state index contributed by atoms with van der Waals surface area (Å²) < 4.78 is 15.9. The molecule has 1 amide bonds. The lowest BCUT2D eigenvalue weighted by molar-refractivity contribution is -0.140. The van der Waals surface area contributed by atoms with Crippen LogP contribution in [-0.2, 0) is 27.3 Å². The van der Waals surface area contributed by atoms with Gasteiger partial charge in [0.2, 0.25) is 0 Å². The molecule has 0 saturated carbocycles. The van der Waals surface area contributed by atoms with Gasteiger partial charge in [-0.3, -0.25) is 9.59 Å². The summed E-state index contributed by atoms with van der Waals surface area (Å²) in [5.41, 5.74) is 2.20. The summed E-state index contributed by atoms with van der Waals surface area (Å²) in [6.45, 7) is 1.99. The maximum absolute atomic E-state index is 13.2. The first-order valence-electron chi connectivity index (χ1n) is 11.2. The number of ketones is 1. The van der Waals surface area contributed by atoms with Gasteiger partial charge in [-0.25, -0.2) is 4.79 Å². The van der Waals surface area contributed by atoms with Crippen LogP contribution in [0.25, 0.3) is 5.76 Å². The van der Waals surface area contributed by atoms with Crippen molar-refractivity contribution in [3.05, 3.63) is 94.4 Å². The molecule has 3 aromatic rings. The van der Waals surface area contributed by atoms with Gasteiger partial charge in [0.1, 0.15) is 23.4 Å². The van der Waals surface area contributed by atoms with Crippen LogP contribution < -0.4 is 4.74 Å². The number of methoxy groups -OCH3 is 1. The van der Waals surface area contributed by atoms with Crippen molar-refractivity contribution in [3.8, 4) is 5.75 Å². The van der Waals surface area contributed by atoms with Gasteiger partial charge in [-0.05, 0) is 60.5 Å². The van der Waals surface area contributed by atoms with E-state index in [1.807, 2.05) is 6.92 Å². The number of likely N-dealkylation sites (tertiary alicyclic amines) is 1. The number of Topliss-reactive ketones (excluding diaryl/α,β-unsaturated/α-hetero) is 1. The molecule has 8 nitrogen and oxygen atoms in total. The first kappa shape index (κ1) is 22.5. The number of carbonyl (C=O) groups excluding carboxylic acids is 3. The molecule has 2 aliphatic rings. The monoisotopic (exact) mass is 473 g/mol. The second kappa shape index (κ2) is 8.79. The van der Waals surface area contributed by atoms with Gasteiger partial charge in [-0.2, -0.15) is 0 Å². The number of carbonyl (C=O) groups is 3. The number of rotatable bonds is 5. The number of benzene rings is 2. The smallest absolute Gasteiger partial charge is 0.337 e. The maximum atomic E-state index is 13.2. The molecule has 1 N–H and O–H groups in total. The van der Waals surface area contributed by atoms with Crippen molar-refractivity contribution in [1.29, 1.82) is 0 Å². The third-order valence-corrected chi connectivity index (χ3v) is 6.26. The van der Waals surface area contributed by atoms with Gasteiger partial charge in [0.25, 0.3) is 11.7 Å². The summed E-state index contributed by atoms with van der Waals surface area (Å²) in [4.78, 5) is 39.6. The number of hydrogen-bond donors (Lipinski definition) is 1. The van der Waals surface area contributed by atoms with E-state index in [0.29, 0.717) is 28.9 Å². The van der Waals surface area contributed by atoms with Crippen molar-refractivity contribution in [1.82, 2.24) is 4.90 Å². The predicted octanol–water partition coefficient (Wildman–Crippen LogP) is 4.01. The molecule has 5 rings (SSSR count). The van der Waals surface area contributed by atoms with E-state index in [9.17, 15) is 19.5 Å². The number of amides is 1. The van der Waals surface area contributed by atoms with Crippen molar-refractivity contribution in [2.75, 3.05) is 7.11 Å². The van der Waals surface area contributed by atoms with Crippen LogP contribution in [0.3, 0.4) is 0 Å². The van der Waals surface area contributed by atoms with E-state index in [0.717, 1.165) is 11.3 Å². The van der Waals surface area contributed by atoms with Gasteiger partial charge in [0.15, 0.2) is 0 Å². The number of nitrogens with zero attached hydrogens (tertiary/aromatic N) is 1. The zero-order valence-electron chi connectivity index (χ0n) is 19.2. The largest absolute Gasteiger partial charge is 0.507 e. The Hall–Kier alpha value is -4.33. The van der Waals surface area contributed by atoms with Crippen molar-refractivity contribution in [2.45, 2.75) is 32.0 Å². The minimum Gasteiger partial charge on any atom is -0.507 e. The van der Waals surface area contributed by atoms with Crippen molar-refractivity contribution < 1.29 is 33.4 Å². The number of aliphatic hydroxyl groups is 1. The average Bonchev–Trinajstić information content (AvgIpc) is 3.57. The molecule has 0 bridgehead atoms. The topological polar surface area (TPSA) is 106 Å². The quantitative estimate of drug-likeness (QED) is 0.258. The molecule has 178 valence electrons. The minimum atomic E-state index is -0.879. The molecule has 8 heteroatoms. The maximum Gasteiger partial charge on any atom is 0.337 e. The van der Waals surface area contributed by atoms with Crippen molar-refractivity contribution in [2.24, 2.45) is 0 Å². The molecule has 0 spiro atoms. The van der Waals surface area contributed by atoms with Gasteiger partial charge in [0, 0.05) is 12.0 Å². The number of ether oxygens (including phenoxy) is 2. The van der Waals surface area contributed by atoms with Crippen LogP contribution in [-0.4, -0.2) is 40.9 Å². The highest BCUT2D eigenvalue weighted by atomic mass is 16.5. The first-order chi connectivity index (χ1) is 16.9. The second-order valence-electron chi connectivity index (χ2n) is 8.58. The van der Waals surface area contributed by atoms with Gasteiger partial charge >= 0.3 is 5.97 Å². The SMILES string of the molecule is COC(=O)c1ccc([C@@H]2C(=C(O)c3ccc4c(c3)C[C@H](C)O4)C(=O)C(=O)N2Cc2ccco2)cc1. The van der Waals surface area contributed by atoms with Crippen LogP contribution in [0, 0.1) is 0 Å². The number of aliphatic hydroxyl groups excluding tert-OH is 1. The van der Waals surface area contributed by atoms with E-state index >= 15 is 0 Å². The molecule has 0 radical (unpaired) electrons. The Morgan fingerprint density at radius 3 is 2.54 bits per heavy atom. The van der Waals surface area contributed by atoms with Crippen LogP contribution in [0.1, 0.15) is 45.8 Å². The van der Waals surface area contributed by atoms with E-state index in [-0.39, 0.29) is 24.0 Å². The van der Waals surface area contributed by atoms with Crippen molar-refractivity contribution in [3.63, 3.8) is 0 Å². The Labute approximate surface area is 201 Å².